The molecule has 3 aromatic heterocycles. The van der Waals surface area contributed by atoms with Crippen molar-refractivity contribution in [2.24, 2.45) is 0 Å². The average molecular weight is 465 g/mol. The van der Waals surface area contributed by atoms with Crippen molar-refractivity contribution in [3.05, 3.63) is 102 Å². The maximum Gasteiger partial charge on any atom is 0.183 e. The number of aromatic amines is 1. The van der Waals surface area contributed by atoms with Gasteiger partial charge in [0, 0.05) is 34.9 Å². The van der Waals surface area contributed by atoms with Crippen LogP contribution in [0.5, 0.6) is 0 Å². The molecule has 0 unspecified atom stereocenters. The smallest absolute Gasteiger partial charge is 0.183 e. The molecule has 0 bridgehead atoms. The van der Waals surface area contributed by atoms with Gasteiger partial charge in [0.05, 0.1) is 22.6 Å². The quantitative estimate of drug-likeness (QED) is 0.327. The third-order valence-electron chi connectivity index (χ3n) is 5.87. The number of halogens is 2. The van der Waals surface area contributed by atoms with E-state index in [4.69, 9.17) is 13.0 Å². The third kappa shape index (κ3) is 4.83. The van der Waals surface area contributed by atoms with Crippen molar-refractivity contribution in [2.45, 2.75) is 19.9 Å². The minimum atomic E-state index is -0.573. The molecule has 0 fully saturated rings. The van der Waals surface area contributed by atoms with Crippen molar-refractivity contribution in [3.63, 3.8) is 0 Å². The lowest BCUT2D eigenvalue weighted by Crippen LogP contribution is -2.23. The van der Waals surface area contributed by atoms with Gasteiger partial charge in [-0.15, -0.1) is 0 Å². The van der Waals surface area contributed by atoms with Gasteiger partial charge in [-0.25, -0.2) is 13.8 Å². The molecule has 1 N–H and O–H groups in total. The minimum Gasteiger partial charge on any atom is -0.347 e. The molecule has 0 aliphatic carbocycles. The number of aromatic nitrogens is 4. The molecule has 0 aliphatic heterocycles. The van der Waals surface area contributed by atoms with E-state index >= 15 is 0 Å². The average Bonchev–Trinajstić information content (AvgIpc) is 3.27. The Morgan fingerprint density at radius 2 is 1.69 bits per heavy atom. The molecular formula is C27H22BF2N5. The number of benzene rings is 2. The van der Waals surface area contributed by atoms with Crippen LogP contribution in [0.2, 0.25) is 0 Å². The van der Waals surface area contributed by atoms with E-state index in [-0.39, 0.29) is 25.1 Å². The third-order valence-corrected chi connectivity index (χ3v) is 5.87. The highest BCUT2D eigenvalue weighted by Gasteiger charge is 2.18. The van der Waals surface area contributed by atoms with Crippen molar-refractivity contribution in [2.75, 3.05) is 6.54 Å². The van der Waals surface area contributed by atoms with Crippen molar-refractivity contribution in [1.82, 2.24) is 24.7 Å². The van der Waals surface area contributed by atoms with E-state index < -0.39 is 11.6 Å². The van der Waals surface area contributed by atoms with Gasteiger partial charge in [0.1, 0.15) is 17.5 Å². The molecular weight excluding hydrogens is 443 g/mol. The van der Waals surface area contributed by atoms with Crippen LogP contribution in [0.15, 0.2) is 72.9 Å². The number of fused-ring (bicyclic) bond motifs is 1. The Labute approximate surface area is 203 Å². The molecule has 5 aromatic rings. The van der Waals surface area contributed by atoms with Gasteiger partial charge < -0.3 is 9.79 Å². The molecule has 8 heteroatoms. The largest absolute Gasteiger partial charge is 0.347 e. The fourth-order valence-corrected chi connectivity index (χ4v) is 4.16. The number of hydrogen-bond acceptors (Lipinski definition) is 4. The Bertz CT molecular complexity index is 1470. The molecule has 0 saturated heterocycles. The Morgan fingerprint density at radius 3 is 2.49 bits per heavy atom. The predicted octanol–water partition coefficient (Wildman–Crippen LogP) is 5.40. The molecule has 2 aromatic carbocycles. The summed E-state index contributed by atoms with van der Waals surface area (Å²) in [4.78, 5) is 18.9. The summed E-state index contributed by atoms with van der Waals surface area (Å²) in [5, 5.41) is 0.974. The standard InChI is InChI=1S/C27H22BF2N5/c1-17-6-4-11-24(32-17)27-26(19-12-14-31-23-10-3-2-7-18(19)23)33-25(34-27)16-35(28)15-13-20-21(29)8-5-9-22(20)30/h2-12,14H,13,15-16H2,1H3,(H,33,34). The molecule has 0 atom stereocenters. The number of aryl methyl sites for hydroxylation is 1. The van der Waals surface area contributed by atoms with Crippen LogP contribution in [-0.2, 0) is 13.0 Å². The van der Waals surface area contributed by atoms with Gasteiger partial charge in [0.15, 0.2) is 7.98 Å². The number of nitrogens with zero attached hydrogens (tertiary/aromatic N) is 4. The summed E-state index contributed by atoms with van der Waals surface area (Å²) in [6.07, 6.45) is 1.90. The number of rotatable bonds is 7. The molecule has 5 rings (SSSR count). The Hall–Kier alpha value is -3.91. The number of para-hydroxylation sites is 1. The van der Waals surface area contributed by atoms with E-state index in [1.165, 1.54) is 23.0 Å². The Kier molecular flexibility index (Phi) is 6.38. The molecule has 0 spiro atoms. The summed E-state index contributed by atoms with van der Waals surface area (Å²) in [6.45, 7) is 2.45. The number of nitrogens with one attached hydrogen (secondary N) is 1. The summed E-state index contributed by atoms with van der Waals surface area (Å²) in [7, 11) is 6.21. The normalized spacial score (nSPS) is 11.4. The van der Waals surface area contributed by atoms with Crippen molar-refractivity contribution < 1.29 is 8.78 Å². The molecule has 5 nitrogen and oxygen atoms in total. The second kappa shape index (κ2) is 9.76. The van der Waals surface area contributed by atoms with E-state index in [2.05, 4.69) is 15.0 Å². The fraction of sp³-hybridized carbons (Fsp3) is 0.148. The molecule has 0 saturated carbocycles. The maximum absolute atomic E-state index is 14.0. The van der Waals surface area contributed by atoms with Crippen LogP contribution in [0.1, 0.15) is 17.1 Å². The number of pyridine rings is 2. The summed E-state index contributed by atoms with van der Waals surface area (Å²) >= 11 is 0. The van der Waals surface area contributed by atoms with Crippen LogP contribution in [0, 0.1) is 18.6 Å². The lowest BCUT2D eigenvalue weighted by molar-refractivity contribution is 0.431. The SMILES string of the molecule is [B]N(CCc1c(F)cccc1F)Cc1nc(-c2ccnc3ccccc23)c(-c2cccc(C)n2)[nH]1. The first-order valence-corrected chi connectivity index (χ1v) is 11.3. The van der Waals surface area contributed by atoms with E-state index in [0.717, 1.165) is 39.2 Å². The lowest BCUT2D eigenvalue weighted by Gasteiger charge is -2.16. The van der Waals surface area contributed by atoms with Crippen molar-refractivity contribution >= 4 is 18.9 Å². The Balaban J connectivity index is 1.48. The van der Waals surface area contributed by atoms with Crippen LogP contribution in [0.25, 0.3) is 33.5 Å². The highest BCUT2D eigenvalue weighted by Crippen LogP contribution is 2.33. The maximum atomic E-state index is 14.0. The van der Waals surface area contributed by atoms with Gasteiger partial charge >= 0.3 is 0 Å². The predicted molar refractivity (Wildman–Crippen MR) is 134 cm³/mol. The Morgan fingerprint density at radius 1 is 0.914 bits per heavy atom. The lowest BCUT2D eigenvalue weighted by atomic mass is 10.0. The summed E-state index contributed by atoms with van der Waals surface area (Å²) < 4.78 is 28.0. The minimum absolute atomic E-state index is 0.0241. The molecule has 35 heavy (non-hydrogen) atoms. The fourth-order valence-electron chi connectivity index (χ4n) is 4.16. The van der Waals surface area contributed by atoms with E-state index in [9.17, 15) is 8.78 Å². The van der Waals surface area contributed by atoms with Gasteiger partial charge in [-0.05, 0) is 56.3 Å². The van der Waals surface area contributed by atoms with Crippen molar-refractivity contribution in [3.8, 4) is 22.6 Å². The molecule has 3 heterocycles. The van der Waals surface area contributed by atoms with Crippen LogP contribution >= 0.6 is 0 Å². The van der Waals surface area contributed by atoms with Gasteiger partial charge in [0.2, 0.25) is 0 Å². The topological polar surface area (TPSA) is 57.7 Å². The molecule has 0 amide bonds. The van der Waals surface area contributed by atoms with Crippen LogP contribution in [0.4, 0.5) is 8.78 Å². The second-order valence-corrected chi connectivity index (χ2v) is 8.37. The van der Waals surface area contributed by atoms with Crippen LogP contribution in [-0.4, -0.2) is 39.3 Å². The molecule has 172 valence electrons. The van der Waals surface area contributed by atoms with Gasteiger partial charge in [-0.2, -0.15) is 0 Å². The number of H-pyrrole nitrogens is 1. The second-order valence-electron chi connectivity index (χ2n) is 8.37. The van der Waals surface area contributed by atoms with Crippen LogP contribution in [0.3, 0.4) is 0 Å². The highest BCUT2D eigenvalue weighted by molar-refractivity contribution is 6.04. The highest BCUT2D eigenvalue weighted by atomic mass is 19.1. The van der Waals surface area contributed by atoms with Crippen LogP contribution < -0.4 is 0 Å². The van der Waals surface area contributed by atoms with Crippen molar-refractivity contribution in [1.29, 1.82) is 0 Å². The zero-order valence-electron chi connectivity index (χ0n) is 19.2. The van der Waals surface area contributed by atoms with E-state index in [0.29, 0.717) is 5.82 Å². The number of hydrogen-bond donors (Lipinski definition) is 1. The first-order chi connectivity index (χ1) is 17.0. The zero-order valence-corrected chi connectivity index (χ0v) is 19.2. The molecule has 0 aliphatic rings. The first kappa shape index (κ1) is 22.9. The van der Waals surface area contributed by atoms with Gasteiger partial charge in [-0.1, -0.05) is 30.3 Å². The summed E-state index contributed by atoms with van der Waals surface area (Å²) in [6, 6.07) is 19.5. The number of imidazole rings is 1. The van der Waals surface area contributed by atoms with E-state index in [1.54, 1.807) is 6.20 Å². The summed E-state index contributed by atoms with van der Waals surface area (Å²) in [5.41, 5.74) is 4.97. The summed E-state index contributed by atoms with van der Waals surface area (Å²) in [5.74, 6) is -0.525. The van der Waals surface area contributed by atoms with E-state index in [1.807, 2.05) is 55.5 Å². The van der Waals surface area contributed by atoms with Gasteiger partial charge in [-0.3, -0.25) is 9.97 Å². The monoisotopic (exact) mass is 465 g/mol. The first-order valence-electron chi connectivity index (χ1n) is 11.3. The van der Waals surface area contributed by atoms with Gasteiger partial charge in [0.25, 0.3) is 0 Å². The zero-order chi connectivity index (χ0) is 24.4. The molecule has 2 radical (unpaired) electrons.